The molecule has 0 spiro atoms. The van der Waals surface area contributed by atoms with Crippen molar-refractivity contribution in [3.05, 3.63) is 29.6 Å². The van der Waals surface area contributed by atoms with Gasteiger partial charge in [-0.05, 0) is 37.3 Å². The first kappa shape index (κ1) is 14.5. The third-order valence-corrected chi connectivity index (χ3v) is 3.76. The highest BCUT2D eigenvalue weighted by Crippen LogP contribution is 2.21. The van der Waals surface area contributed by atoms with E-state index in [2.05, 4.69) is 4.98 Å². The molecular weight excluding hydrogens is 256 g/mol. The van der Waals surface area contributed by atoms with Gasteiger partial charge in [0.15, 0.2) is 0 Å². The van der Waals surface area contributed by atoms with Crippen molar-refractivity contribution in [2.75, 3.05) is 13.1 Å². The molecule has 0 unspecified atom stereocenters. The van der Waals surface area contributed by atoms with Crippen molar-refractivity contribution in [3.63, 3.8) is 0 Å². The van der Waals surface area contributed by atoms with Gasteiger partial charge < -0.3 is 10.0 Å². The van der Waals surface area contributed by atoms with Crippen LogP contribution in [0.2, 0.25) is 0 Å². The van der Waals surface area contributed by atoms with Crippen molar-refractivity contribution in [2.45, 2.75) is 32.6 Å². The number of carboxylic acids is 1. The number of carbonyl (C=O) groups is 2. The molecule has 0 aromatic carbocycles. The van der Waals surface area contributed by atoms with E-state index in [0.717, 1.165) is 24.1 Å². The second-order valence-corrected chi connectivity index (χ2v) is 5.41. The molecule has 0 bridgehead atoms. The van der Waals surface area contributed by atoms with Gasteiger partial charge in [0.25, 0.3) is 0 Å². The molecule has 1 amide bonds. The molecule has 0 radical (unpaired) electrons. The summed E-state index contributed by atoms with van der Waals surface area (Å²) in [6, 6.07) is 3.83. The van der Waals surface area contributed by atoms with Gasteiger partial charge >= 0.3 is 5.97 Å². The van der Waals surface area contributed by atoms with Gasteiger partial charge in [-0.25, -0.2) is 0 Å². The summed E-state index contributed by atoms with van der Waals surface area (Å²) in [6.07, 6.45) is 3.89. The van der Waals surface area contributed by atoms with Crippen LogP contribution in [-0.4, -0.2) is 40.0 Å². The first-order valence-electron chi connectivity index (χ1n) is 6.95. The van der Waals surface area contributed by atoms with Crippen molar-refractivity contribution in [2.24, 2.45) is 5.92 Å². The fourth-order valence-electron chi connectivity index (χ4n) is 2.52. The van der Waals surface area contributed by atoms with Crippen LogP contribution in [0.25, 0.3) is 0 Å². The van der Waals surface area contributed by atoms with E-state index in [0.29, 0.717) is 19.5 Å². The molecule has 0 aliphatic carbocycles. The van der Waals surface area contributed by atoms with Gasteiger partial charge in [-0.2, -0.15) is 0 Å². The summed E-state index contributed by atoms with van der Waals surface area (Å²) in [6.45, 7) is 3.24. The first-order chi connectivity index (χ1) is 9.54. The molecule has 108 valence electrons. The zero-order valence-corrected chi connectivity index (χ0v) is 11.7. The van der Waals surface area contributed by atoms with Gasteiger partial charge in [-0.1, -0.05) is 6.07 Å². The second kappa shape index (κ2) is 6.50. The van der Waals surface area contributed by atoms with Gasteiger partial charge in [-0.15, -0.1) is 0 Å². The van der Waals surface area contributed by atoms with Crippen molar-refractivity contribution in [1.82, 2.24) is 9.88 Å². The highest BCUT2D eigenvalue weighted by atomic mass is 16.4. The lowest BCUT2D eigenvalue weighted by molar-refractivity contribution is -0.138. The van der Waals surface area contributed by atoms with Gasteiger partial charge in [0.05, 0.1) is 6.42 Å². The number of pyridine rings is 1. The number of aryl methyl sites for hydroxylation is 1. The van der Waals surface area contributed by atoms with Crippen LogP contribution in [0.4, 0.5) is 0 Å². The Labute approximate surface area is 118 Å². The molecule has 0 atom stereocenters. The molecule has 2 heterocycles. The van der Waals surface area contributed by atoms with Crippen molar-refractivity contribution in [1.29, 1.82) is 0 Å². The maximum atomic E-state index is 12.2. The van der Waals surface area contributed by atoms with Crippen LogP contribution in [0, 0.1) is 12.8 Å². The molecule has 1 aromatic rings. The predicted octanol–water partition coefficient (Wildman–Crippen LogP) is 1.65. The number of rotatable bonds is 4. The second-order valence-electron chi connectivity index (χ2n) is 5.41. The van der Waals surface area contributed by atoms with E-state index in [1.165, 1.54) is 0 Å². The smallest absolute Gasteiger partial charge is 0.303 e. The molecule has 0 saturated carbocycles. The summed E-state index contributed by atoms with van der Waals surface area (Å²) in [4.78, 5) is 28.8. The Morgan fingerprint density at radius 3 is 2.60 bits per heavy atom. The summed E-state index contributed by atoms with van der Waals surface area (Å²) in [7, 11) is 0. The van der Waals surface area contributed by atoms with Gasteiger partial charge in [0.2, 0.25) is 5.91 Å². The van der Waals surface area contributed by atoms with E-state index in [-0.39, 0.29) is 18.2 Å². The number of aliphatic carboxylic acids is 1. The third kappa shape index (κ3) is 4.05. The van der Waals surface area contributed by atoms with Crippen molar-refractivity contribution in [3.8, 4) is 0 Å². The van der Waals surface area contributed by atoms with E-state index in [1.54, 1.807) is 6.20 Å². The Morgan fingerprint density at radius 1 is 1.35 bits per heavy atom. The highest BCUT2D eigenvalue weighted by molar-refractivity contribution is 5.78. The Morgan fingerprint density at radius 2 is 2.05 bits per heavy atom. The molecule has 1 fully saturated rings. The Bertz CT molecular complexity index is 476. The van der Waals surface area contributed by atoms with Crippen molar-refractivity contribution >= 4 is 11.9 Å². The molecule has 2 rings (SSSR count). The highest BCUT2D eigenvalue weighted by Gasteiger charge is 2.24. The lowest BCUT2D eigenvalue weighted by Crippen LogP contribution is -2.39. The minimum Gasteiger partial charge on any atom is -0.481 e. The van der Waals surface area contributed by atoms with Gasteiger partial charge in [0.1, 0.15) is 0 Å². The number of piperidine rings is 1. The number of amides is 1. The topological polar surface area (TPSA) is 70.5 Å². The Kier molecular flexibility index (Phi) is 4.71. The van der Waals surface area contributed by atoms with Crippen LogP contribution >= 0.6 is 0 Å². The van der Waals surface area contributed by atoms with E-state index in [1.807, 2.05) is 24.0 Å². The van der Waals surface area contributed by atoms with Crippen molar-refractivity contribution < 1.29 is 14.7 Å². The summed E-state index contributed by atoms with van der Waals surface area (Å²) < 4.78 is 0. The zero-order chi connectivity index (χ0) is 14.5. The van der Waals surface area contributed by atoms with Crippen LogP contribution in [0.5, 0.6) is 0 Å². The fraction of sp³-hybridized carbons (Fsp3) is 0.533. The van der Waals surface area contributed by atoms with E-state index >= 15 is 0 Å². The standard InChI is InChI=1S/C15H20N2O3/c1-11-2-3-13(10-16-11)8-14(18)17-6-4-12(5-7-17)9-15(19)20/h2-3,10,12H,4-9H2,1H3,(H,19,20). The lowest BCUT2D eigenvalue weighted by Gasteiger charge is -2.31. The Hall–Kier alpha value is -1.91. The quantitative estimate of drug-likeness (QED) is 0.907. The number of hydrogen-bond donors (Lipinski definition) is 1. The molecular formula is C15H20N2O3. The molecule has 1 aliphatic heterocycles. The van der Waals surface area contributed by atoms with Gasteiger partial charge in [0, 0.05) is 31.4 Å². The average Bonchev–Trinajstić information content (AvgIpc) is 2.41. The number of likely N-dealkylation sites (tertiary alicyclic amines) is 1. The van der Waals surface area contributed by atoms with Gasteiger partial charge in [-0.3, -0.25) is 14.6 Å². The summed E-state index contributed by atoms with van der Waals surface area (Å²) in [5, 5.41) is 8.77. The van der Waals surface area contributed by atoms with Crippen LogP contribution in [0.1, 0.15) is 30.5 Å². The third-order valence-electron chi connectivity index (χ3n) is 3.76. The Balaban J connectivity index is 1.82. The minimum absolute atomic E-state index is 0.101. The maximum Gasteiger partial charge on any atom is 0.303 e. The van der Waals surface area contributed by atoms with E-state index in [9.17, 15) is 9.59 Å². The number of hydrogen-bond acceptors (Lipinski definition) is 3. The summed E-state index contributed by atoms with van der Waals surface area (Å²) in [5.74, 6) is -0.442. The number of carboxylic acid groups (broad SMARTS) is 1. The maximum absolute atomic E-state index is 12.2. The number of aromatic nitrogens is 1. The molecule has 1 N–H and O–H groups in total. The minimum atomic E-state index is -0.750. The fourth-order valence-corrected chi connectivity index (χ4v) is 2.52. The largest absolute Gasteiger partial charge is 0.481 e. The predicted molar refractivity (Wildman–Crippen MR) is 74.2 cm³/mol. The molecule has 5 heteroatoms. The monoisotopic (exact) mass is 276 g/mol. The SMILES string of the molecule is Cc1ccc(CC(=O)N2CCC(CC(=O)O)CC2)cn1. The summed E-state index contributed by atoms with van der Waals surface area (Å²) >= 11 is 0. The summed E-state index contributed by atoms with van der Waals surface area (Å²) in [5.41, 5.74) is 1.86. The number of nitrogens with zero attached hydrogens (tertiary/aromatic N) is 2. The van der Waals surface area contributed by atoms with Crippen LogP contribution in [-0.2, 0) is 16.0 Å². The molecule has 1 aromatic heterocycles. The van der Waals surface area contributed by atoms with Crippen LogP contribution in [0.3, 0.4) is 0 Å². The number of carbonyl (C=O) groups excluding carboxylic acids is 1. The molecule has 1 aliphatic rings. The zero-order valence-electron chi connectivity index (χ0n) is 11.7. The molecule has 20 heavy (non-hydrogen) atoms. The average molecular weight is 276 g/mol. The first-order valence-corrected chi connectivity index (χ1v) is 6.95. The molecule has 5 nitrogen and oxygen atoms in total. The van der Waals surface area contributed by atoms with E-state index < -0.39 is 5.97 Å². The van der Waals surface area contributed by atoms with Crippen LogP contribution in [0.15, 0.2) is 18.3 Å². The normalized spacial score (nSPS) is 16.1. The molecule has 1 saturated heterocycles. The van der Waals surface area contributed by atoms with Crippen LogP contribution < -0.4 is 0 Å². The van der Waals surface area contributed by atoms with E-state index in [4.69, 9.17) is 5.11 Å². The lowest BCUT2D eigenvalue weighted by atomic mass is 9.93.